The van der Waals surface area contributed by atoms with E-state index in [1.807, 2.05) is 50.2 Å². The van der Waals surface area contributed by atoms with E-state index in [4.69, 9.17) is 26.8 Å². The molecule has 4 rings (SSSR count). The zero-order valence-corrected chi connectivity index (χ0v) is 24.1. The van der Waals surface area contributed by atoms with Gasteiger partial charge < -0.3 is 25.4 Å². The molecule has 1 amide bonds. The Balaban J connectivity index is 1.79. The number of hydrogen-bond donors (Lipinski definition) is 2. The number of nitriles is 1. The number of carbonyl (C=O) groups is 1. The van der Waals surface area contributed by atoms with Crippen LogP contribution in [0, 0.1) is 18.3 Å². The number of fused-ring (bicyclic) bond motifs is 1. The molecule has 10 heteroatoms. The van der Waals surface area contributed by atoms with Crippen molar-refractivity contribution in [2.45, 2.75) is 20.5 Å². The second kappa shape index (κ2) is 13.1. The molecule has 0 atom stereocenters. The highest BCUT2D eigenvalue weighted by Crippen LogP contribution is 2.38. The Morgan fingerprint density at radius 1 is 1.17 bits per heavy atom. The molecule has 0 fully saturated rings. The number of hydrogen-bond acceptors (Lipinski definition) is 8. The van der Waals surface area contributed by atoms with Gasteiger partial charge in [0.1, 0.15) is 24.2 Å². The minimum atomic E-state index is -0.588. The quantitative estimate of drug-likeness (QED) is 0.223. The zero-order valence-electron chi connectivity index (χ0n) is 23.4. The van der Waals surface area contributed by atoms with Crippen LogP contribution in [0.2, 0.25) is 5.02 Å². The molecule has 3 N–H and O–H groups in total. The number of halogens is 1. The molecule has 0 radical (unpaired) electrons. The summed E-state index contributed by atoms with van der Waals surface area (Å²) in [5.41, 5.74) is 10.1. The number of carbonyl (C=O) groups excluding carboxylic acids is 1. The summed E-state index contributed by atoms with van der Waals surface area (Å²) < 4.78 is 11.7. The Morgan fingerprint density at radius 2 is 1.98 bits per heavy atom. The summed E-state index contributed by atoms with van der Waals surface area (Å²) in [6.45, 7) is 4.78. The molecular formula is C31H31ClN6O3. The summed E-state index contributed by atoms with van der Waals surface area (Å²) >= 11 is 6.56. The van der Waals surface area contributed by atoms with Gasteiger partial charge in [-0.15, -0.1) is 0 Å². The summed E-state index contributed by atoms with van der Waals surface area (Å²) in [6, 6.07) is 16.7. The Bertz CT molecular complexity index is 1650. The molecule has 0 bridgehead atoms. The SMILES string of the molecule is CCOc1cc2nc(C)c(C#N)c(Nc3ccc(OCc4ccccn4)c(Cl)c3)c2cc1C(=CCN(C)C)C(N)=O. The maximum Gasteiger partial charge on any atom is 0.249 e. The summed E-state index contributed by atoms with van der Waals surface area (Å²) in [7, 11) is 3.79. The predicted molar refractivity (Wildman–Crippen MR) is 161 cm³/mol. The molecule has 0 saturated carbocycles. The minimum absolute atomic E-state index is 0.272. The predicted octanol–water partition coefficient (Wildman–Crippen LogP) is 5.61. The molecule has 2 heterocycles. The molecule has 2 aromatic heterocycles. The van der Waals surface area contributed by atoms with Crippen molar-refractivity contribution in [3.63, 3.8) is 0 Å². The van der Waals surface area contributed by atoms with Crippen LogP contribution in [0.15, 0.2) is 60.8 Å². The maximum absolute atomic E-state index is 12.5. The molecule has 0 aliphatic heterocycles. The normalized spacial score (nSPS) is 11.4. The van der Waals surface area contributed by atoms with E-state index in [1.54, 1.807) is 43.5 Å². The topological polar surface area (TPSA) is 126 Å². The standard InChI is InChI=1S/C31H31ClN6O3/c1-5-40-29-16-27-24(15-23(29)22(31(34)39)11-13-38(3)4)30(25(17-33)19(2)36-27)37-20-9-10-28(26(32)14-20)41-18-21-8-6-7-12-35-21/h6-12,14-16H,5,13,18H2,1-4H3,(H2,34,39)(H,36,37). The van der Waals surface area contributed by atoms with Crippen LogP contribution < -0.4 is 20.5 Å². The van der Waals surface area contributed by atoms with Crippen LogP contribution in [0.25, 0.3) is 16.5 Å². The third-order valence-electron chi connectivity index (χ3n) is 6.20. The number of primary amides is 1. The molecular weight excluding hydrogens is 540 g/mol. The van der Waals surface area contributed by atoms with E-state index < -0.39 is 5.91 Å². The minimum Gasteiger partial charge on any atom is -0.493 e. The third kappa shape index (κ3) is 6.92. The van der Waals surface area contributed by atoms with Crippen LogP contribution in [0.3, 0.4) is 0 Å². The van der Waals surface area contributed by atoms with Gasteiger partial charge in [-0.05, 0) is 64.3 Å². The lowest BCUT2D eigenvalue weighted by Gasteiger charge is -2.18. The number of aryl methyl sites for hydroxylation is 1. The number of ether oxygens (including phenoxy) is 2. The second-order valence-electron chi connectivity index (χ2n) is 9.48. The molecule has 4 aromatic rings. The first-order chi connectivity index (χ1) is 19.7. The maximum atomic E-state index is 12.5. The van der Waals surface area contributed by atoms with Gasteiger partial charge in [-0.2, -0.15) is 5.26 Å². The van der Waals surface area contributed by atoms with E-state index in [0.717, 1.165) is 5.69 Å². The smallest absolute Gasteiger partial charge is 0.249 e. The number of rotatable bonds is 11. The molecule has 2 aromatic carbocycles. The van der Waals surface area contributed by atoms with Crippen LogP contribution in [-0.2, 0) is 11.4 Å². The Labute approximate surface area is 244 Å². The van der Waals surface area contributed by atoms with Crippen molar-refractivity contribution in [1.82, 2.24) is 14.9 Å². The molecule has 210 valence electrons. The van der Waals surface area contributed by atoms with Gasteiger partial charge in [-0.1, -0.05) is 23.7 Å². The van der Waals surface area contributed by atoms with Gasteiger partial charge in [0.25, 0.3) is 0 Å². The van der Waals surface area contributed by atoms with E-state index >= 15 is 0 Å². The molecule has 0 unspecified atom stereocenters. The van der Waals surface area contributed by atoms with Crippen molar-refractivity contribution in [2.75, 3.05) is 32.6 Å². The van der Waals surface area contributed by atoms with E-state index in [2.05, 4.69) is 21.4 Å². The largest absolute Gasteiger partial charge is 0.493 e. The number of pyridine rings is 2. The number of nitrogens with zero attached hydrogens (tertiary/aromatic N) is 4. The summed E-state index contributed by atoms with van der Waals surface area (Å²) in [5, 5.41) is 14.4. The monoisotopic (exact) mass is 570 g/mol. The van der Waals surface area contributed by atoms with E-state index in [-0.39, 0.29) is 6.61 Å². The van der Waals surface area contributed by atoms with E-state index in [1.165, 1.54) is 0 Å². The highest BCUT2D eigenvalue weighted by molar-refractivity contribution is 6.32. The fourth-order valence-electron chi connectivity index (χ4n) is 4.26. The number of amides is 1. The molecule has 0 aliphatic rings. The van der Waals surface area contributed by atoms with Gasteiger partial charge in [0.05, 0.1) is 39.8 Å². The summed E-state index contributed by atoms with van der Waals surface area (Å²) in [4.78, 5) is 23.4. The summed E-state index contributed by atoms with van der Waals surface area (Å²) in [5.74, 6) is 0.388. The van der Waals surface area contributed by atoms with Gasteiger partial charge in [0.15, 0.2) is 0 Å². The molecule has 41 heavy (non-hydrogen) atoms. The molecule has 0 saturated heterocycles. The lowest BCUT2D eigenvalue weighted by atomic mass is 9.98. The van der Waals surface area contributed by atoms with Crippen molar-refractivity contribution < 1.29 is 14.3 Å². The zero-order chi connectivity index (χ0) is 29.5. The first kappa shape index (κ1) is 29.3. The number of anilines is 2. The van der Waals surface area contributed by atoms with Crippen molar-refractivity contribution in [3.8, 4) is 17.6 Å². The first-order valence-electron chi connectivity index (χ1n) is 13.0. The van der Waals surface area contributed by atoms with Gasteiger partial charge in [-0.25, -0.2) is 0 Å². The van der Waals surface area contributed by atoms with E-state index in [0.29, 0.717) is 74.3 Å². The molecule has 0 aliphatic carbocycles. The third-order valence-corrected chi connectivity index (χ3v) is 6.49. The van der Waals surface area contributed by atoms with Crippen LogP contribution >= 0.6 is 11.6 Å². The van der Waals surface area contributed by atoms with Gasteiger partial charge in [0.2, 0.25) is 5.91 Å². The highest BCUT2D eigenvalue weighted by atomic mass is 35.5. The number of likely N-dealkylation sites (N-methyl/N-ethyl adjacent to an activating group) is 1. The Hall–Kier alpha value is -4.65. The second-order valence-corrected chi connectivity index (χ2v) is 9.89. The van der Waals surface area contributed by atoms with Crippen molar-refractivity contribution in [3.05, 3.63) is 88.3 Å². The lowest BCUT2D eigenvalue weighted by Crippen LogP contribution is -2.17. The number of benzene rings is 2. The molecule has 0 spiro atoms. The van der Waals surface area contributed by atoms with Crippen LogP contribution in [-0.4, -0.2) is 48.0 Å². The fraction of sp³-hybridized carbons (Fsp3) is 0.226. The Morgan fingerprint density at radius 3 is 2.61 bits per heavy atom. The Kier molecular flexibility index (Phi) is 9.40. The number of nitrogens with two attached hydrogens (primary N) is 1. The van der Waals surface area contributed by atoms with Crippen molar-refractivity contribution >= 4 is 45.4 Å². The van der Waals surface area contributed by atoms with Crippen molar-refractivity contribution in [1.29, 1.82) is 5.26 Å². The fourth-order valence-corrected chi connectivity index (χ4v) is 4.49. The van der Waals surface area contributed by atoms with Crippen molar-refractivity contribution in [2.24, 2.45) is 5.73 Å². The van der Waals surface area contributed by atoms with Gasteiger partial charge in [-0.3, -0.25) is 14.8 Å². The highest BCUT2D eigenvalue weighted by Gasteiger charge is 2.20. The molecule has 9 nitrogen and oxygen atoms in total. The number of aromatic nitrogens is 2. The average molecular weight is 571 g/mol. The van der Waals surface area contributed by atoms with Gasteiger partial charge >= 0.3 is 0 Å². The summed E-state index contributed by atoms with van der Waals surface area (Å²) in [6.07, 6.45) is 3.46. The van der Waals surface area contributed by atoms with Crippen LogP contribution in [0.1, 0.15) is 29.4 Å². The lowest BCUT2D eigenvalue weighted by molar-refractivity contribution is -0.112. The van der Waals surface area contributed by atoms with Crippen LogP contribution in [0.4, 0.5) is 11.4 Å². The van der Waals surface area contributed by atoms with E-state index in [9.17, 15) is 10.1 Å². The number of nitrogens with one attached hydrogen (secondary N) is 1. The van der Waals surface area contributed by atoms with Crippen LogP contribution in [0.5, 0.6) is 11.5 Å². The first-order valence-corrected chi connectivity index (χ1v) is 13.3. The van der Waals surface area contributed by atoms with Gasteiger partial charge in [0, 0.05) is 41.0 Å². The average Bonchev–Trinajstić information content (AvgIpc) is 2.93.